The van der Waals surface area contributed by atoms with Gasteiger partial charge in [0.15, 0.2) is 5.78 Å². The van der Waals surface area contributed by atoms with Crippen LogP contribution in [0.15, 0.2) is 30.3 Å². The van der Waals surface area contributed by atoms with E-state index in [9.17, 15) is 4.79 Å². The predicted octanol–water partition coefficient (Wildman–Crippen LogP) is 2.94. The topological polar surface area (TPSA) is 44.1 Å². The molecule has 0 spiro atoms. The Morgan fingerprint density at radius 1 is 1.35 bits per heavy atom. The summed E-state index contributed by atoms with van der Waals surface area (Å²) >= 11 is 0. The van der Waals surface area contributed by atoms with Crippen LogP contribution in [0.25, 0.3) is 0 Å². The number of Topliss-reactive ketones (excluding diaryl/α,β-unsaturated/α-hetero) is 1. The van der Waals surface area contributed by atoms with Gasteiger partial charge in [0.25, 0.3) is 0 Å². The first-order valence-electron chi connectivity index (χ1n) is 6.75. The second-order valence-electron chi connectivity index (χ2n) is 5.20. The summed E-state index contributed by atoms with van der Waals surface area (Å²) in [5, 5.41) is 4.25. The van der Waals surface area contributed by atoms with Crippen molar-refractivity contribution in [2.75, 3.05) is 0 Å². The lowest BCUT2D eigenvalue weighted by atomic mass is 10.1. The predicted molar refractivity (Wildman–Crippen MR) is 78.2 cm³/mol. The number of carbonyl (C=O) groups excluding carboxylic acids is 1. The smallest absolute Gasteiger partial charge is 0.168 e. The monoisotopic (exact) mass is 272 g/mol. The molecule has 1 aromatic heterocycles. The van der Waals surface area contributed by atoms with Gasteiger partial charge in [-0.3, -0.25) is 9.48 Å². The van der Waals surface area contributed by atoms with Crippen molar-refractivity contribution in [2.45, 2.75) is 33.3 Å². The van der Waals surface area contributed by atoms with E-state index in [-0.39, 0.29) is 11.9 Å². The van der Waals surface area contributed by atoms with Gasteiger partial charge in [0, 0.05) is 18.3 Å². The van der Waals surface area contributed by atoms with Gasteiger partial charge in [-0.1, -0.05) is 12.1 Å². The van der Waals surface area contributed by atoms with Crippen LogP contribution in [0.1, 0.15) is 35.6 Å². The van der Waals surface area contributed by atoms with E-state index in [0.717, 1.165) is 17.1 Å². The zero-order valence-electron chi connectivity index (χ0n) is 12.4. The van der Waals surface area contributed by atoms with E-state index in [1.165, 1.54) is 0 Å². The van der Waals surface area contributed by atoms with E-state index in [2.05, 4.69) is 5.10 Å². The maximum absolute atomic E-state index is 12.3. The second kappa shape index (κ2) is 5.90. The van der Waals surface area contributed by atoms with Crippen LogP contribution >= 0.6 is 0 Å². The molecule has 0 aliphatic carbocycles. The highest BCUT2D eigenvalue weighted by Gasteiger charge is 2.11. The van der Waals surface area contributed by atoms with Crippen molar-refractivity contribution in [1.82, 2.24) is 9.78 Å². The third-order valence-corrected chi connectivity index (χ3v) is 2.97. The number of ether oxygens (including phenoxy) is 1. The van der Waals surface area contributed by atoms with E-state index >= 15 is 0 Å². The molecule has 4 heteroatoms. The Kier molecular flexibility index (Phi) is 4.23. The summed E-state index contributed by atoms with van der Waals surface area (Å²) in [6, 6.07) is 9.26. The molecule has 20 heavy (non-hydrogen) atoms. The molecule has 2 aromatic rings. The molecule has 106 valence electrons. The Morgan fingerprint density at radius 3 is 2.70 bits per heavy atom. The number of nitrogens with zero attached hydrogens (tertiary/aromatic N) is 2. The molecular formula is C16H20N2O2. The Morgan fingerprint density at radius 2 is 2.10 bits per heavy atom. The fourth-order valence-corrected chi connectivity index (χ4v) is 2.11. The summed E-state index contributed by atoms with van der Waals surface area (Å²) in [6.45, 7) is 5.85. The quantitative estimate of drug-likeness (QED) is 0.786. The first-order chi connectivity index (χ1) is 9.45. The number of hydrogen-bond acceptors (Lipinski definition) is 3. The Bertz CT molecular complexity index is 615. The highest BCUT2D eigenvalue weighted by atomic mass is 16.5. The van der Waals surface area contributed by atoms with Crippen molar-refractivity contribution in [2.24, 2.45) is 7.05 Å². The Balaban J connectivity index is 2.15. The van der Waals surface area contributed by atoms with Crippen LogP contribution in [0.4, 0.5) is 0 Å². The maximum atomic E-state index is 12.3. The summed E-state index contributed by atoms with van der Waals surface area (Å²) < 4.78 is 7.36. The van der Waals surface area contributed by atoms with Crippen molar-refractivity contribution in [1.29, 1.82) is 0 Å². The lowest BCUT2D eigenvalue weighted by Crippen LogP contribution is -2.09. The molecule has 4 nitrogen and oxygen atoms in total. The highest BCUT2D eigenvalue weighted by Crippen LogP contribution is 2.17. The number of carbonyl (C=O) groups is 1. The fourth-order valence-electron chi connectivity index (χ4n) is 2.11. The Labute approximate surface area is 119 Å². The van der Waals surface area contributed by atoms with Crippen LogP contribution < -0.4 is 4.74 Å². The Hall–Kier alpha value is -2.10. The molecule has 0 radical (unpaired) electrons. The number of aromatic nitrogens is 2. The third-order valence-electron chi connectivity index (χ3n) is 2.97. The zero-order valence-corrected chi connectivity index (χ0v) is 12.4. The van der Waals surface area contributed by atoms with Gasteiger partial charge in [-0.05, 0) is 39.0 Å². The SMILES string of the molecule is Cc1cc(CC(=O)c2cccc(OC(C)C)c2)n(C)n1. The molecule has 1 aromatic carbocycles. The minimum absolute atomic E-state index is 0.0715. The van der Waals surface area contributed by atoms with Crippen molar-refractivity contribution < 1.29 is 9.53 Å². The first kappa shape index (κ1) is 14.3. The van der Waals surface area contributed by atoms with Gasteiger partial charge in [-0.25, -0.2) is 0 Å². The molecule has 0 amide bonds. The first-order valence-corrected chi connectivity index (χ1v) is 6.75. The van der Waals surface area contributed by atoms with Gasteiger partial charge >= 0.3 is 0 Å². The molecule has 0 saturated heterocycles. The summed E-state index contributed by atoms with van der Waals surface area (Å²) in [6.07, 6.45) is 0.447. The lowest BCUT2D eigenvalue weighted by Gasteiger charge is -2.10. The number of benzene rings is 1. The van der Waals surface area contributed by atoms with Gasteiger partial charge < -0.3 is 4.74 Å². The summed E-state index contributed by atoms with van der Waals surface area (Å²) in [7, 11) is 1.86. The minimum Gasteiger partial charge on any atom is -0.491 e. The van der Waals surface area contributed by atoms with Gasteiger partial charge in [-0.15, -0.1) is 0 Å². The molecule has 2 rings (SSSR count). The second-order valence-corrected chi connectivity index (χ2v) is 5.20. The van der Waals surface area contributed by atoms with E-state index < -0.39 is 0 Å². The van der Waals surface area contributed by atoms with Gasteiger partial charge in [0.2, 0.25) is 0 Å². The molecular weight excluding hydrogens is 252 g/mol. The zero-order chi connectivity index (χ0) is 14.7. The van der Waals surface area contributed by atoms with Gasteiger partial charge in [0.05, 0.1) is 18.2 Å². The van der Waals surface area contributed by atoms with E-state index in [4.69, 9.17) is 4.74 Å². The fraction of sp³-hybridized carbons (Fsp3) is 0.375. The molecule has 0 N–H and O–H groups in total. The van der Waals surface area contributed by atoms with Crippen LogP contribution in [0, 0.1) is 6.92 Å². The minimum atomic E-state index is 0.0715. The van der Waals surface area contributed by atoms with Crippen LogP contribution in [0.3, 0.4) is 0 Å². The van der Waals surface area contributed by atoms with Gasteiger partial charge in [0.1, 0.15) is 5.75 Å². The largest absolute Gasteiger partial charge is 0.491 e. The van der Waals surface area contributed by atoms with Crippen LogP contribution in [-0.2, 0) is 13.5 Å². The molecule has 0 atom stereocenters. The molecule has 0 bridgehead atoms. The van der Waals surface area contributed by atoms with Crippen molar-refractivity contribution in [3.05, 3.63) is 47.3 Å². The highest BCUT2D eigenvalue weighted by molar-refractivity contribution is 5.97. The maximum Gasteiger partial charge on any atom is 0.168 e. The van der Waals surface area contributed by atoms with Crippen molar-refractivity contribution in [3.63, 3.8) is 0 Å². The van der Waals surface area contributed by atoms with Gasteiger partial charge in [-0.2, -0.15) is 5.10 Å². The summed E-state index contributed by atoms with van der Waals surface area (Å²) in [5.41, 5.74) is 2.51. The standard InChI is InChI=1S/C16H20N2O2/c1-11(2)20-15-7-5-6-13(9-15)16(19)10-14-8-12(3)17-18(14)4/h5-9,11H,10H2,1-4H3. The summed E-state index contributed by atoms with van der Waals surface area (Å²) in [4.78, 5) is 12.3. The molecule has 0 fully saturated rings. The van der Waals surface area contributed by atoms with Crippen LogP contribution in [0.5, 0.6) is 5.75 Å². The lowest BCUT2D eigenvalue weighted by molar-refractivity contribution is 0.0990. The number of ketones is 1. The van der Waals surface area contributed by atoms with Crippen LogP contribution in [-0.4, -0.2) is 21.7 Å². The molecule has 1 heterocycles. The number of hydrogen-bond donors (Lipinski definition) is 0. The molecule has 0 unspecified atom stereocenters. The number of aryl methyl sites for hydroxylation is 2. The van der Waals surface area contributed by atoms with E-state index in [0.29, 0.717) is 12.0 Å². The average Bonchev–Trinajstić information content (AvgIpc) is 2.67. The average molecular weight is 272 g/mol. The third kappa shape index (κ3) is 3.47. The van der Waals surface area contributed by atoms with Crippen LogP contribution in [0.2, 0.25) is 0 Å². The number of rotatable bonds is 5. The van der Waals surface area contributed by atoms with E-state index in [1.54, 1.807) is 10.7 Å². The molecule has 0 saturated carbocycles. The van der Waals surface area contributed by atoms with Crippen molar-refractivity contribution >= 4 is 5.78 Å². The van der Waals surface area contributed by atoms with Crippen molar-refractivity contribution in [3.8, 4) is 5.75 Å². The van der Waals surface area contributed by atoms with E-state index in [1.807, 2.05) is 52.1 Å². The molecule has 0 aliphatic rings. The molecule has 0 aliphatic heterocycles. The summed E-state index contributed by atoms with van der Waals surface area (Å²) in [5.74, 6) is 0.800. The normalized spacial score (nSPS) is 10.8.